The second-order valence-corrected chi connectivity index (χ2v) is 8.25. The third-order valence-electron chi connectivity index (χ3n) is 6.25. The van der Waals surface area contributed by atoms with Crippen molar-refractivity contribution < 1.29 is 9.53 Å². The minimum absolute atomic E-state index is 0.0578. The summed E-state index contributed by atoms with van der Waals surface area (Å²) in [4.78, 5) is 13.7. The van der Waals surface area contributed by atoms with Crippen molar-refractivity contribution in [1.82, 2.24) is 10.2 Å². The number of amides is 1. The molecule has 2 aliphatic heterocycles. The largest absolute Gasteiger partial charge is 0.377 e. The van der Waals surface area contributed by atoms with Crippen LogP contribution in [0.25, 0.3) is 0 Å². The van der Waals surface area contributed by atoms with Gasteiger partial charge in [0.2, 0.25) is 5.91 Å². The lowest BCUT2D eigenvalue weighted by Gasteiger charge is -2.60. The van der Waals surface area contributed by atoms with Gasteiger partial charge in [0.1, 0.15) is 0 Å². The number of carbonyl (C=O) groups excluding carboxylic acids is 1. The van der Waals surface area contributed by atoms with Gasteiger partial charge in [-0.3, -0.25) is 4.79 Å². The molecule has 3 aliphatic rings. The number of piperidine rings is 1. The lowest BCUT2D eigenvalue weighted by atomic mass is 9.55. The zero-order valence-corrected chi connectivity index (χ0v) is 14.7. The summed E-state index contributed by atoms with van der Waals surface area (Å²) < 4.78 is 5.97. The van der Waals surface area contributed by atoms with Gasteiger partial charge in [0.05, 0.1) is 12.0 Å². The molecule has 0 spiro atoms. The number of nitrogens with zero attached hydrogens (tertiary/aromatic N) is 1. The summed E-state index contributed by atoms with van der Waals surface area (Å²) in [5.74, 6) is 0.628. The van der Waals surface area contributed by atoms with E-state index in [0.717, 1.165) is 52.0 Å². The molecule has 0 aromatic rings. The van der Waals surface area contributed by atoms with Crippen LogP contribution < -0.4 is 11.1 Å². The van der Waals surface area contributed by atoms with Gasteiger partial charge in [-0.15, -0.1) is 0 Å². The van der Waals surface area contributed by atoms with Crippen molar-refractivity contribution in [3.05, 3.63) is 0 Å². The van der Waals surface area contributed by atoms with Gasteiger partial charge in [-0.2, -0.15) is 0 Å². The Kier molecular flexibility index (Phi) is 5.29. The molecular formula is C18H33N3O2. The van der Waals surface area contributed by atoms with Crippen molar-refractivity contribution >= 4 is 5.91 Å². The van der Waals surface area contributed by atoms with E-state index in [2.05, 4.69) is 24.1 Å². The molecule has 3 rings (SSSR count). The maximum Gasteiger partial charge on any atom is 0.221 e. The van der Waals surface area contributed by atoms with Gasteiger partial charge in [-0.25, -0.2) is 0 Å². The number of hydrogen-bond acceptors (Lipinski definition) is 4. The van der Waals surface area contributed by atoms with Crippen LogP contribution in [0.4, 0.5) is 0 Å². The highest BCUT2D eigenvalue weighted by atomic mass is 16.5. The highest BCUT2D eigenvalue weighted by Crippen LogP contribution is 2.51. The van der Waals surface area contributed by atoms with Gasteiger partial charge in [0, 0.05) is 30.5 Å². The normalized spacial score (nSPS) is 37.0. The maximum absolute atomic E-state index is 11.3. The third-order valence-corrected chi connectivity index (χ3v) is 6.25. The first-order valence-electron chi connectivity index (χ1n) is 9.37. The lowest BCUT2D eigenvalue weighted by molar-refractivity contribution is -0.192. The van der Waals surface area contributed by atoms with Crippen molar-refractivity contribution in [2.24, 2.45) is 23.0 Å². The molecular weight excluding hydrogens is 290 g/mol. The number of fused-ring (bicyclic) bond motifs is 1. The summed E-state index contributed by atoms with van der Waals surface area (Å²) in [6.45, 7) is 9.68. The number of rotatable bonds is 6. The van der Waals surface area contributed by atoms with E-state index in [0.29, 0.717) is 18.1 Å². The molecule has 23 heavy (non-hydrogen) atoms. The molecule has 1 saturated carbocycles. The second-order valence-electron chi connectivity index (χ2n) is 8.25. The monoisotopic (exact) mass is 323 g/mol. The fourth-order valence-electron chi connectivity index (χ4n) is 4.99. The molecule has 0 bridgehead atoms. The molecule has 5 nitrogen and oxygen atoms in total. The van der Waals surface area contributed by atoms with Crippen LogP contribution in [0.5, 0.6) is 0 Å². The van der Waals surface area contributed by atoms with Gasteiger partial charge < -0.3 is 20.7 Å². The van der Waals surface area contributed by atoms with Gasteiger partial charge in [-0.05, 0) is 51.7 Å². The van der Waals surface area contributed by atoms with Crippen LogP contribution in [0.15, 0.2) is 0 Å². The average molecular weight is 323 g/mol. The van der Waals surface area contributed by atoms with Crippen LogP contribution in [-0.2, 0) is 9.53 Å². The molecule has 0 aromatic carbocycles. The van der Waals surface area contributed by atoms with Crippen molar-refractivity contribution in [3.63, 3.8) is 0 Å². The number of carbonyl (C=O) groups is 1. The molecule has 0 radical (unpaired) electrons. The van der Waals surface area contributed by atoms with Gasteiger partial charge in [0.25, 0.3) is 0 Å². The Morgan fingerprint density at radius 2 is 2.17 bits per heavy atom. The Morgan fingerprint density at radius 3 is 2.96 bits per heavy atom. The SMILES string of the molecule is CC1(C)[C@H](NCCCN2CCC[C@H](C(N)=O)C2)[C@H]2CCCO[C@@H]21. The highest BCUT2D eigenvalue weighted by molar-refractivity contribution is 5.76. The van der Waals surface area contributed by atoms with Crippen LogP contribution in [-0.4, -0.2) is 55.7 Å². The summed E-state index contributed by atoms with van der Waals surface area (Å²) >= 11 is 0. The second kappa shape index (κ2) is 7.08. The van der Waals surface area contributed by atoms with E-state index < -0.39 is 0 Å². The third kappa shape index (κ3) is 3.57. The molecule has 4 atom stereocenters. The van der Waals surface area contributed by atoms with Crippen molar-refractivity contribution in [1.29, 1.82) is 0 Å². The summed E-state index contributed by atoms with van der Waals surface area (Å²) in [6, 6.07) is 0.590. The first-order chi connectivity index (χ1) is 11.0. The quantitative estimate of drug-likeness (QED) is 0.725. The standard InChI is InChI=1S/C18H33N3O2/c1-18(2)15(14-7-4-11-23-16(14)18)20-8-5-10-21-9-3-6-13(12-21)17(19)22/h13-16,20H,3-12H2,1-2H3,(H2,19,22)/t13-,14+,15+,16-/m0/s1. The number of ether oxygens (including phenoxy) is 1. The van der Waals surface area contributed by atoms with Crippen LogP contribution in [0.2, 0.25) is 0 Å². The summed E-state index contributed by atoms with van der Waals surface area (Å²) in [5, 5.41) is 3.78. The fourth-order valence-corrected chi connectivity index (χ4v) is 4.99. The average Bonchev–Trinajstić information content (AvgIpc) is 2.54. The molecule has 2 saturated heterocycles. The van der Waals surface area contributed by atoms with Crippen LogP contribution in [0, 0.1) is 17.3 Å². The zero-order chi connectivity index (χ0) is 16.4. The van der Waals surface area contributed by atoms with Crippen LogP contribution in [0.1, 0.15) is 46.0 Å². The van der Waals surface area contributed by atoms with E-state index in [1.54, 1.807) is 0 Å². The zero-order valence-electron chi connectivity index (χ0n) is 14.7. The highest BCUT2D eigenvalue weighted by Gasteiger charge is 2.57. The summed E-state index contributed by atoms with van der Waals surface area (Å²) in [6.07, 6.45) is 6.15. The molecule has 1 aliphatic carbocycles. The maximum atomic E-state index is 11.3. The Labute approximate surface area is 140 Å². The topological polar surface area (TPSA) is 67.6 Å². The molecule has 0 unspecified atom stereocenters. The predicted octanol–water partition coefficient (Wildman–Crippen LogP) is 1.37. The Bertz CT molecular complexity index is 426. The predicted molar refractivity (Wildman–Crippen MR) is 91.0 cm³/mol. The summed E-state index contributed by atoms with van der Waals surface area (Å²) in [7, 11) is 0. The molecule has 2 heterocycles. The molecule has 0 aromatic heterocycles. The number of nitrogens with two attached hydrogens (primary N) is 1. The van der Waals surface area contributed by atoms with E-state index >= 15 is 0 Å². The van der Waals surface area contributed by atoms with E-state index in [1.165, 1.54) is 12.8 Å². The number of hydrogen-bond donors (Lipinski definition) is 2. The first-order valence-corrected chi connectivity index (χ1v) is 9.37. The van der Waals surface area contributed by atoms with Crippen molar-refractivity contribution in [2.45, 2.75) is 58.1 Å². The minimum Gasteiger partial charge on any atom is -0.377 e. The van der Waals surface area contributed by atoms with Gasteiger partial charge in [0.15, 0.2) is 0 Å². The first kappa shape index (κ1) is 17.2. The van der Waals surface area contributed by atoms with Crippen LogP contribution >= 0.6 is 0 Å². The molecule has 3 N–H and O–H groups in total. The summed E-state index contributed by atoms with van der Waals surface area (Å²) in [5.41, 5.74) is 5.71. The fraction of sp³-hybridized carbons (Fsp3) is 0.944. The van der Waals surface area contributed by atoms with E-state index in [9.17, 15) is 4.79 Å². The Morgan fingerprint density at radius 1 is 1.35 bits per heavy atom. The van der Waals surface area contributed by atoms with Crippen LogP contribution in [0.3, 0.4) is 0 Å². The Hall–Kier alpha value is -0.650. The van der Waals surface area contributed by atoms with E-state index in [4.69, 9.17) is 10.5 Å². The molecule has 132 valence electrons. The minimum atomic E-state index is -0.132. The Balaban J connectivity index is 1.37. The van der Waals surface area contributed by atoms with E-state index in [1.807, 2.05) is 0 Å². The molecule has 5 heteroatoms. The van der Waals surface area contributed by atoms with Gasteiger partial charge >= 0.3 is 0 Å². The molecule has 1 amide bonds. The number of primary amides is 1. The molecule has 3 fully saturated rings. The smallest absolute Gasteiger partial charge is 0.221 e. The van der Waals surface area contributed by atoms with Crippen molar-refractivity contribution in [2.75, 3.05) is 32.8 Å². The number of nitrogens with one attached hydrogen (secondary N) is 1. The van der Waals surface area contributed by atoms with Crippen molar-refractivity contribution in [3.8, 4) is 0 Å². The van der Waals surface area contributed by atoms with E-state index in [-0.39, 0.29) is 17.2 Å². The van der Waals surface area contributed by atoms with Gasteiger partial charge in [-0.1, -0.05) is 13.8 Å². The number of likely N-dealkylation sites (tertiary alicyclic amines) is 1. The lowest BCUT2D eigenvalue weighted by Crippen LogP contribution is -2.69.